The van der Waals surface area contributed by atoms with E-state index in [9.17, 15) is 24.0 Å². The third-order valence-electron chi connectivity index (χ3n) is 4.96. The minimum atomic E-state index is -1.22. The van der Waals surface area contributed by atoms with Crippen molar-refractivity contribution in [3.63, 3.8) is 0 Å². The Morgan fingerprint density at radius 3 is 2.63 bits per heavy atom. The molecule has 1 aliphatic heterocycles. The quantitative estimate of drug-likeness (QED) is 0.518. The Kier molecular flexibility index (Phi) is 7.93. The van der Waals surface area contributed by atoms with Crippen molar-refractivity contribution in [2.24, 2.45) is 0 Å². The molecule has 1 saturated heterocycles. The number of aldehydes is 1. The highest BCUT2D eigenvalue weighted by Gasteiger charge is 2.37. The van der Waals surface area contributed by atoms with Crippen LogP contribution in [0.2, 0.25) is 5.02 Å². The lowest BCUT2D eigenvalue weighted by atomic mass is 10.1. The smallest absolute Gasteiger partial charge is 0.305 e. The van der Waals surface area contributed by atoms with Gasteiger partial charge in [-0.1, -0.05) is 17.7 Å². The number of hydrogen-bond acceptors (Lipinski definition) is 5. The lowest BCUT2D eigenvalue weighted by Gasteiger charge is -2.28. The van der Waals surface area contributed by atoms with E-state index in [0.29, 0.717) is 41.8 Å². The van der Waals surface area contributed by atoms with Crippen LogP contribution in [0.3, 0.4) is 0 Å². The van der Waals surface area contributed by atoms with Crippen molar-refractivity contribution >= 4 is 41.6 Å². The van der Waals surface area contributed by atoms with Crippen molar-refractivity contribution in [3.8, 4) is 0 Å². The molecule has 3 N–H and O–H groups in total. The lowest BCUT2D eigenvalue weighted by Crippen LogP contribution is -2.54. The number of rotatable bonds is 8. The molecule has 0 aliphatic carbocycles. The SMILES string of the molecule is Cc1c(Cl)cccc1C(=O)NC(C)C(=O)N1CCCC1C(=O)N[C@H](C=O)CC(=O)O. The number of carbonyl (C=O) groups excluding carboxylic acids is 4. The zero-order valence-corrected chi connectivity index (χ0v) is 17.4. The molecular weight excluding hydrogens is 414 g/mol. The van der Waals surface area contributed by atoms with Gasteiger partial charge in [-0.25, -0.2) is 0 Å². The standard InChI is InChI=1S/C20H24ClN3O6/c1-11-14(5-3-6-15(11)21)18(28)22-12(2)20(30)24-8-4-7-16(24)19(29)23-13(10-25)9-17(26)27/h3,5-6,10,12-13,16H,4,7-9H2,1-2H3,(H,22,28)(H,23,29)(H,26,27)/t12?,13-,16?/m0/s1. The van der Waals surface area contributed by atoms with Crippen LogP contribution in [-0.4, -0.2) is 64.7 Å². The van der Waals surface area contributed by atoms with Crippen LogP contribution in [0.15, 0.2) is 18.2 Å². The zero-order valence-electron chi connectivity index (χ0n) is 16.7. The van der Waals surface area contributed by atoms with Crippen LogP contribution in [0.5, 0.6) is 0 Å². The van der Waals surface area contributed by atoms with E-state index in [4.69, 9.17) is 16.7 Å². The molecule has 1 aromatic carbocycles. The Labute approximate surface area is 178 Å². The fourth-order valence-corrected chi connectivity index (χ4v) is 3.52. The highest BCUT2D eigenvalue weighted by atomic mass is 35.5. The van der Waals surface area contributed by atoms with E-state index in [-0.39, 0.29) is 0 Å². The maximum atomic E-state index is 12.9. The van der Waals surface area contributed by atoms with Crippen molar-refractivity contribution in [1.29, 1.82) is 0 Å². The summed E-state index contributed by atoms with van der Waals surface area (Å²) in [5, 5.41) is 14.2. The number of carboxylic acids is 1. The second-order valence-electron chi connectivity index (χ2n) is 7.15. The van der Waals surface area contributed by atoms with E-state index in [1.807, 2.05) is 0 Å². The monoisotopic (exact) mass is 437 g/mol. The first-order chi connectivity index (χ1) is 14.1. The molecule has 2 rings (SSSR count). The number of halogens is 1. The highest BCUT2D eigenvalue weighted by molar-refractivity contribution is 6.31. The summed E-state index contributed by atoms with van der Waals surface area (Å²) >= 11 is 6.04. The highest BCUT2D eigenvalue weighted by Crippen LogP contribution is 2.20. The largest absolute Gasteiger partial charge is 0.481 e. The zero-order chi connectivity index (χ0) is 22.4. The van der Waals surface area contributed by atoms with Gasteiger partial charge in [0, 0.05) is 17.1 Å². The van der Waals surface area contributed by atoms with Gasteiger partial charge in [-0.15, -0.1) is 0 Å². The van der Waals surface area contributed by atoms with E-state index in [2.05, 4.69) is 10.6 Å². The number of hydrogen-bond donors (Lipinski definition) is 3. The fraction of sp³-hybridized carbons (Fsp3) is 0.450. The van der Waals surface area contributed by atoms with Gasteiger partial charge in [0.05, 0.1) is 12.5 Å². The van der Waals surface area contributed by atoms with E-state index in [1.54, 1.807) is 25.1 Å². The summed E-state index contributed by atoms with van der Waals surface area (Å²) < 4.78 is 0. The van der Waals surface area contributed by atoms with Crippen LogP contribution >= 0.6 is 11.6 Å². The van der Waals surface area contributed by atoms with Gasteiger partial charge in [0.2, 0.25) is 11.8 Å². The summed E-state index contributed by atoms with van der Waals surface area (Å²) in [7, 11) is 0. The molecule has 2 unspecified atom stereocenters. The Morgan fingerprint density at radius 2 is 2.00 bits per heavy atom. The first-order valence-electron chi connectivity index (χ1n) is 9.49. The minimum Gasteiger partial charge on any atom is -0.481 e. The maximum Gasteiger partial charge on any atom is 0.305 e. The Balaban J connectivity index is 2.04. The van der Waals surface area contributed by atoms with Crippen molar-refractivity contribution in [2.45, 2.75) is 51.2 Å². The summed E-state index contributed by atoms with van der Waals surface area (Å²) in [5.41, 5.74) is 0.938. The van der Waals surface area contributed by atoms with Crippen molar-refractivity contribution in [3.05, 3.63) is 34.3 Å². The van der Waals surface area contributed by atoms with E-state index < -0.39 is 48.2 Å². The van der Waals surface area contributed by atoms with Gasteiger partial charge < -0.3 is 25.4 Å². The third kappa shape index (κ3) is 5.56. The third-order valence-corrected chi connectivity index (χ3v) is 5.36. The lowest BCUT2D eigenvalue weighted by molar-refractivity contribution is -0.141. The van der Waals surface area contributed by atoms with Crippen LogP contribution in [0.25, 0.3) is 0 Å². The molecule has 162 valence electrons. The predicted octanol–water partition coefficient (Wildman–Crippen LogP) is 0.916. The van der Waals surface area contributed by atoms with Gasteiger partial charge in [0.15, 0.2) is 0 Å². The predicted molar refractivity (Wildman–Crippen MR) is 108 cm³/mol. The van der Waals surface area contributed by atoms with Crippen LogP contribution in [-0.2, 0) is 19.2 Å². The van der Waals surface area contributed by atoms with Gasteiger partial charge in [-0.05, 0) is 44.4 Å². The van der Waals surface area contributed by atoms with E-state index in [0.717, 1.165) is 0 Å². The summed E-state index contributed by atoms with van der Waals surface area (Å²) in [6.07, 6.45) is 0.761. The summed E-state index contributed by atoms with van der Waals surface area (Å²) in [6.45, 7) is 3.54. The average Bonchev–Trinajstić information content (AvgIpc) is 3.18. The van der Waals surface area contributed by atoms with Gasteiger partial charge in [-0.3, -0.25) is 19.2 Å². The van der Waals surface area contributed by atoms with Gasteiger partial charge in [0.1, 0.15) is 18.4 Å². The molecule has 1 heterocycles. The molecule has 0 spiro atoms. The molecule has 30 heavy (non-hydrogen) atoms. The number of benzene rings is 1. The Hall–Kier alpha value is -2.94. The van der Waals surface area contributed by atoms with E-state index >= 15 is 0 Å². The number of aliphatic carboxylic acids is 1. The second-order valence-corrected chi connectivity index (χ2v) is 7.55. The van der Waals surface area contributed by atoms with Crippen LogP contribution in [0, 0.1) is 6.92 Å². The molecule has 9 nitrogen and oxygen atoms in total. The molecule has 10 heteroatoms. The van der Waals surface area contributed by atoms with Crippen LogP contribution in [0.1, 0.15) is 42.1 Å². The van der Waals surface area contributed by atoms with Crippen molar-refractivity contribution in [2.75, 3.05) is 6.54 Å². The van der Waals surface area contributed by atoms with Gasteiger partial charge in [0.25, 0.3) is 5.91 Å². The van der Waals surface area contributed by atoms with Crippen molar-refractivity contribution < 1.29 is 29.1 Å². The molecule has 1 fully saturated rings. The molecule has 0 bridgehead atoms. The number of likely N-dealkylation sites (tertiary alicyclic amines) is 1. The number of nitrogens with zero attached hydrogens (tertiary/aromatic N) is 1. The van der Waals surface area contributed by atoms with Crippen molar-refractivity contribution in [1.82, 2.24) is 15.5 Å². The van der Waals surface area contributed by atoms with Gasteiger partial charge in [-0.2, -0.15) is 0 Å². The summed E-state index contributed by atoms with van der Waals surface area (Å²) in [5.74, 6) is -2.72. The molecule has 1 aromatic rings. The molecule has 1 aliphatic rings. The fourth-order valence-electron chi connectivity index (χ4n) is 3.34. The maximum absolute atomic E-state index is 12.9. The Morgan fingerprint density at radius 1 is 1.30 bits per heavy atom. The number of carbonyl (C=O) groups is 5. The van der Waals surface area contributed by atoms with Gasteiger partial charge >= 0.3 is 5.97 Å². The average molecular weight is 438 g/mol. The molecule has 3 amide bonds. The first kappa shape index (κ1) is 23.3. The molecule has 0 aromatic heterocycles. The second kappa shape index (κ2) is 10.2. The molecular formula is C20H24ClN3O6. The molecule has 0 saturated carbocycles. The minimum absolute atomic E-state index is 0.317. The topological polar surface area (TPSA) is 133 Å². The Bertz CT molecular complexity index is 859. The first-order valence-corrected chi connectivity index (χ1v) is 9.87. The normalized spacial score (nSPS) is 17.7. The number of nitrogens with one attached hydrogen (secondary N) is 2. The van der Waals surface area contributed by atoms with Crippen LogP contribution in [0.4, 0.5) is 0 Å². The number of amides is 3. The molecule has 3 atom stereocenters. The summed E-state index contributed by atoms with van der Waals surface area (Å²) in [6, 6.07) is 1.99. The van der Waals surface area contributed by atoms with Crippen LogP contribution < -0.4 is 10.6 Å². The summed E-state index contributed by atoms with van der Waals surface area (Å²) in [4.78, 5) is 61.0. The van der Waals surface area contributed by atoms with E-state index in [1.165, 1.54) is 11.8 Å². The number of carboxylic acid groups (broad SMARTS) is 1. The molecule has 0 radical (unpaired) electrons.